The third-order valence-corrected chi connectivity index (χ3v) is 5.27. The summed E-state index contributed by atoms with van der Waals surface area (Å²) < 4.78 is 0. The van der Waals surface area contributed by atoms with Crippen molar-refractivity contribution < 1.29 is 0 Å². The molecule has 2 N–H and O–H groups in total. The first-order chi connectivity index (χ1) is 13.3. The van der Waals surface area contributed by atoms with E-state index >= 15 is 0 Å². The molecule has 1 aromatic heterocycles. The van der Waals surface area contributed by atoms with Crippen LogP contribution in [-0.4, -0.2) is 28.5 Å². The van der Waals surface area contributed by atoms with Gasteiger partial charge in [-0.1, -0.05) is 89.0 Å². The van der Waals surface area contributed by atoms with Crippen LogP contribution in [0, 0.1) is 6.92 Å². The van der Waals surface area contributed by atoms with E-state index in [-0.39, 0.29) is 0 Å². The van der Waals surface area contributed by atoms with Crippen LogP contribution < -0.4 is 5.32 Å². The van der Waals surface area contributed by atoms with Gasteiger partial charge in [-0.25, -0.2) is 0 Å². The number of hydrogen-bond acceptors (Lipinski definition) is 3. The molecule has 1 aromatic carbocycles. The Balaban J connectivity index is 1.51. The Morgan fingerprint density at radius 2 is 1.48 bits per heavy atom. The lowest BCUT2D eigenvalue weighted by Crippen LogP contribution is -2.18. The van der Waals surface area contributed by atoms with Crippen molar-refractivity contribution in [3.63, 3.8) is 0 Å². The molecule has 0 aliphatic rings. The Hall–Kier alpha value is -1.68. The molecule has 0 bridgehead atoms. The van der Waals surface area contributed by atoms with Crippen molar-refractivity contribution in [2.24, 2.45) is 0 Å². The molecule has 0 saturated carbocycles. The van der Waals surface area contributed by atoms with Gasteiger partial charge in [0.25, 0.3) is 0 Å². The van der Waals surface area contributed by atoms with Gasteiger partial charge in [-0.15, -0.1) is 0 Å². The number of hydrogen-bond donors (Lipinski definition) is 2. The minimum atomic E-state index is 0.915. The van der Waals surface area contributed by atoms with Crippen molar-refractivity contribution in [3.05, 3.63) is 35.5 Å². The largest absolute Gasteiger partial charge is 0.316 e. The standard InChI is InChI=1S/C23H38N4/c1-3-4-5-6-7-8-9-10-11-14-18-24-19-17-22-23(26-27-25-22)21-16-13-12-15-20(21)2/h12-13,15-16,24H,3-11,14,17-19H2,1-2H3,(H,25,26,27). The lowest BCUT2D eigenvalue weighted by molar-refractivity contribution is 0.543. The molecule has 0 saturated heterocycles. The van der Waals surface area contributed by atoms with Gasteiger partial charge in [0.15, 0.2) is 0 Å². The fourth-order valence-electron chi connectivity index (χ4n) is 3.55. The lowest BCUT2D eigenvalue weighted by atomic mass is 10.0. The molecule has 0 fully saturated rings. The number of aromatic nitrogens is 3. The molecule has 0 spiro atoms. The molecule has 0 atom stereocenters. The Morgan fingerprint density at radius 3 is 2.19 bits per heavy atom. The minimum absolute atomic E-state index is 0.915. The topological polar surface area (TPSA) is 53.6 Å². The number of rotatable bonds is 15. The van der Waals surface area contributed by atoms with Gasteiger partial charge in [0.2, 0.25) is 0 Å². The van der Waals surface area contributed by atoms with Crippen LogP contribution >= 0.6 is 0 Å². The molecular formula is C23H38N4. The van der Waals surface area contributed by atoms with Crippen molar-refractivity contribution in [2.75, 3.05) is 13.1 Å². The van der Waals surface area contributed by atoms with E-state index < -0.39 is 0 Å². The maximum atomic E-state index is 4.36. The van der Waals surface area contributed by atoms with Gasteiger partial charge < -0.3 is 5.32 Å². The van der Waals surface area contributed by atoms with Crippen molar-refractivity contribution in [2.45, 2.75) is 84.5 Å². The third kappa shape index (κ3) is 8.25. The molecule has 0 radical (unpaired) electrons. The maximum Gasteiger partial charge on any atom is 0.116 e. The molecule has 0 amide bonds. The van der Waals surface area contributed by atoms with Gasteiger partial charge in [-0.05, 0) is 25.5 Å². The second-order valence-corrected chi connectivity index (χ2v) is 7.62. The summed E-state index contributed by atoms with van der Waals surface area (Å²) in [7, 11) is 0. The smallest absolute Gasteiger partial charge is 0.116 e. The fourth-order valence-corrected chi connectivity index (χ4v) is 3.55. The van der Waals surface area contributed by atoms with Crippen LogP contribution in [0.5, 0.6) is 0 Å². The second-order valence-electron chi connectivity index (χ2n) is 7.62. The zero-order valence-electron chi connectivity index (χ0n) is 17.4. The van der Waals surface area contributed by atoms with Gasteiger partial charge in [-0.3, -0.25) is 0 Å². The summed E-state index contributed by atoms with van der Waals surface area (Å²) in [6.07, 6.45) is 14.8. The highest BCUT2D eigenvalue weighted by atomic mass is 15.3. The molecule has 0 aliphatic carbocycles. The van der Waals surface area contributed by atoms with E-state index in [1.165, 1.54) is 75.3 Å². The summed E-state index contributed by atoms with van der Waals surface area (Å²) in [5, 5.41) is 15.1. The maximum absolute atomic E-state index is 4.36. The first kappa shape index (κ1) is 21.6. The van der Waals surface area contributed by atoms with Crippen molar-refractivity contribution >= 4 is 0 Å². The van der Waals surface area contributed by atoms with Crippen LogP contribution in [0.1, 0.15) is 82.4 Å². The molecular weight excluding hydrogens is 332 g/mol. The van der Waals surface area contributed by atoms with Crippen LogP contribution in [0.2, 0.25) is 0 Å². The van der Waals surface area contributed by atoms with Gasteiger partial charge in [0, 0.05) is 18.5 Å². The van der Waals surface area contributed by atoms with Gasteiger partial charge >= 0.3 is 0 Å². The van der Waals surface area contributed by atoms with Gasteiger partial charge in [-0.2, -0.15) is 15.4 Å². The molecule has 0 aliphatic heterocycles. The Labute approximate surface area is 165 Å². The summed E-state index contributed by atoms with van der Waals surface area (Å²) in [5.41, 5.74) is 4.47. The SMILES string of the molecule is CCCCCCCCCCCCNCCc1n[nH]nc1-c1ccccc1C. The first-order valence-electron chi connectivity index (χ1n) is 11.0. The number of nitrogens with one attached hydrogen (secondary N) is 2. The molecule has 1 heterocycles. The highest BCUT2D eigenvalue weighted by Crippen LogP contribution is 2.23. The molecule has 2 rings (SSSR count). The van der Waals surface area contributed by atoms with Crippen LogP contribution in [0.15, 0.2) is 24.3 Å². The Kier molecular flexibility index (Phi) is 10.8. The monoisotopic (exact) mass is 370 g/mol. The van der Waals surface area contributed by atoms with Crippen molar-refractivity contribution in [3.8, 4) is 11.3 Å². The summed E-state index contributed by atoms with van der Waals surface area (Å²) in [6, 6.07) is 8.36. The van der Waals surface area contributed by atoms with E-state index in [1.54, 1.807) is 0 Å². The van der Waals surface area contributed by atoms with E-state index in [2.05, 4.69) is 58.8 Å². The quantitative estimate of drug-likeness (QED) is 0.388. The predicted octanol–water partition coefficient (Wildman–Crippen LogP) is 5.83. The number of H-pyrrole nitrogens is 1. The first-order valence-corrected chi connectivity index (χ1v) is 11.0. The summed E-state index contributed by atoms with van der Waals surface area (Å²) in [4.78, 5) is 0. The van der Waals surface area contributed by atoms with E-state index in [0.717, 1.165) is 30.9 Å². The molecule has 0 unspecified atom stereocenters. The van der Waals surface area contributed by atoms with E-state index in [1.807, 2.05) is 0 Å². The summed E-state index contributed by atoms with van der Waals surface area (Å²) in [5.74, 6) is 0. The molecule has 4 nitrogen and oxygen atoms in total. The third-order valence-electron chi connectivity index (χ3n) is 5.27. The van der Waals surface area contributed by atoms with E-state index in [0.29, 0.717) is 0 Å². The van der Waals surface area contributed by atoms with Crippen LogP contribution in [-0.2, 0) is 6.42 Å². The zero-order valence-corrected chi connectivity index (χ0v) is 17.4. The summed E-state index contributed by atoms with van der Waals surface area (Å²) in [6.45, 7) is 6.47. The number of unbranched alkanes of at least 4 members (excludes halogenated alkanes) is 9. The lowest BCUT2D eigenvalue weighted by Gasteiger charge is -2.06. The van der Waals surface area contributed by atoms with Crippen molar-refractivity contribution in [1.29, 1.82) is 0 Å². The highest BCUT2D eigenvalue weighted by Gasteiger charge is 2.11. The van der Waals surface area contributed by atoms with E-state index in [4.69, 9.17) is 0 Å². The minimum Gasteiger partial charge on any atom is -0.316 e. The zero-order chi connectivity index (χ0) is 19.2. The summed E-state index contributed by atoms with van der Waals surface area (Å²) >= 11 is 0. The van der Waals surface area contributed by atoms with Crippen molar-refractivity contribution in [1.82, 2.24) is 20.7 Å². The highest BCUT2D eigenvalue weighted by molar-refractivity contribution is 5.65. The second kappa shape index (κ2) is 13.5. The van der Waals surface area contributed by atoms with Gasteiger partial charge in [0.05, 0.1) is 5.69 Å². The average Bonchev–Trinajstić information content (AvgIpc) is 3.14. The Morgan fingerprint density at radius 1 is 0.815 bits per heavy atom. The fraction of sp³-hybridized carbons (Fsp3) is 0.652. The van der Waals surface area contributed by atoms with Gasteiger partial charge in [0.1, 0.15) is 5.69 Å². The molecule has 4 heteroatoms. The van der Waals surface area contributed by atoms with Crippen LogP contribution in [0.4, 0.5) is 0 Å². The van der Waals surface area contributed by atoms with Crippen LogP contribution in [0.25, 0.3) is 11.3 Å². The van der Waals surface area contributed by atoms with E-state index in [9.17, 15) is 0 Å². The van der Waals surface area contributed by atoms with Crippen LogP contribution in [0.3, 0.4) is 0 Å². The number of nitrogens with zero attached hydrogens (tertiary/aromatic N) is 2. The number of aromatic amines is 1. The number of benzene rings is 1. The Bertz CT molecular complexity index is 620. The molecule has 27 heavy (non-hydrogen) atoms. The normalized spacial score (nSPS) is 11.2. The predicted molar refractivity (Wildman–Crippen MR) is 115 cm³/mol. The molecule has 2 aromatic rings. The number of aryl methyl sites for hydroxylation is 1. The molecule has 150 valence electrons. The average molecular weight is 371 g/mol.